The molecule has 5 heterocycles. The number of aryl methyl sites for hydroxylation is 1. The minimum Gasteiger partial charge on any atom is -0.347 e. The van der Waals surface area contributed by atoms with Crippen molar-refractivity contribution in [2.75, 3.05) is 31.2 Å². The number of piperidine rings is 1. The number of pyridine rings is 2. The molecule has 0 bridgehead atoms. The quantitative estimate of drug-likeness (QED) is 0.513. The van der Waals surface area contributed by atoms with Crippen LogP contribution in [0.3, 0.4) is 0 Å². The molecule has 2 amide bonds. The average Bonchev–Trinajstić information content (AvgIpc) is 3.41. The number of likely N-dealkylation sites (tertiary alicyclic amines) is 1. The number of carbonyl (C=O) groups excluding carboxylic acids is 2. The number of nitrogens with zero attached hydrogens (tertiary/aromatic N) is 4. The van der Waals surface area contributed by atoms with E-state index in [0.29, 0.717) is 61.3 Å². The van der Waals surface area contributed by atoms with Gasteiger partial charge in [-0.25, -0.2) is 9.97 Å². The summed E-state index contributed by atoms with van der Waals surface area (Å²) in [6, 6.07) is 12.5. The summed E-state index contributed by atoms with van der Waals surface area (Å²) in [5.41, 5.74) is 2.85. The molecule has 35 heavy (non-hydrogen) atoms. The maximum atomic E-state index is 13.5. The Balaban J connectivity index is 1.30. The summed E-state index contributed by atoms with van der Waals surface area (Å²) in [6.07, 6.45) is 1.47. The minimum absolute atomic E-state index is 0.00449. The first-order chi connectivity index (χ1) is 16.9. The van der Waals surface area contributed by atoms with Gasteiger partial charge in [-0.3, -0.25) is 14.5 Å². The Bertz CT molecular complexity index is 1330. The molecule has 9 heteroatoms. The molecule has 3 aliphatic heterocycles. The van der Waals surface area contributed by atoms with Crippen LogP contribution in [0.25, 0.3) is 11.0 Å². The lowest BCUT2D eigenvalue weighted by Crippen LogP contribution is -2.48. The second-order valence-corrected chi connectivity index (χ2v) is 9.66. The lowest BCUT2D eigenvalue weighted by atomic mass is 9.99. The molecule has 2 aromatic heterocycles. The van der Waals surface area contributed by atoms with Gasteiger partial charge >= 0.3 is 0 Å². The number of amides is 2. The van der Waals surface area contributed by atoms with Crippen LogP contribution in [0.5, 0.6) is 0 Å². The lowest BCUT2D eigenvalue weighted by molar-refractivity contribution is -0.187. The Morgan fingerprint density at radius 2 is 1.86 bits per heavy atom. The molecule has 8 nitrogen and oxygen atoms in total. The third kappa shape index (κ3) is 3.86. The summed E-state index contributed by atoms with van der Waals surface area (Å²) in [6.45, 7) is 4.28. The van der Waals surface area contributed by atoms with Crippen molar-refractivity contribution in [1.82, 2.24) is 14.9 Å². The average molecular weight is 493 g/mol. The molecule has 1 aromatic carbocycles. The largest absolute Gasteiger partial charge is 0.347 e. The fraction of sp³-hybridized carbons (Fsp3) is 0.385. The highest BCUT2D eigenvalue weighted by molar-refractivity contribution is 6.29. The van der Waals surface area contributed by atoms with E-state index in [4.69, 9.17) is 21.1 Å². The van der Waals surface area contributed by atoms with Gasteiger partial charge in [-0.05, 0) is 42.3 Å². The molecule has 0 aliphatic carbocycles. The van der Waals surface area contributed by atoms with Crippen LogP contribution in [0.1, 0.15) is 46.8 Å². The predicted molar refractivity (Wildman–Crippen MR) is 130 cm³/mol. The Kier molecular flexibility index (Phi) is 5.47. The maximum Gasteiger partial charge on any atom is 0.260 e. The van der Waals surface area contributed by atoms with E-state index in [1.807, 2.05) is 42.2 Å². The van der Waals surface area contributed by atoms with Crippen LogP contribution in [0.15, 0.2) is 42.5 Å². The van der Waals surface area contributed by atoms with E-state index in [9.17, 15) is 9.59 Å². The van der Waals surface area contributed by atoms with Crippen LogP contribution in [0.4, 0.5) is 5.82 Å². The summed E-state index contributed by atoms with van der Waals surface area (Å²) >= 11 is 6.17. The van der Waals surface area contributed by atoms with Gasteiger partial charge in [0, 0.05) is 36.9 Å². The van der Waals surface area contributed by atoms with Crippen LogP contribution in [0, 0.1) is 6.92 Å². The van der Waals surface area contributed by atoms with E-state index < -0.39 is 11.8 Å². The number of hydrogen-bond donors (Lipinski definition) is 0. The first kappa shape index (κ1) is 22.4. The normalized spacial score (nSPS) is 21.2. The van der Waals surface area contributed by atoms with Crippen molar-refractivity contribution in [3.63, 3.8) is 0 Å². The number of rotatable bonds is 3. The molecule has 6 rings (SSSR count). The number of benzene rings is 1. The second-order valence-electron chi connectivity index (χ2n) is 9.27. The summed E-state index contributed by atoms with van der Waals surface area (Å²) < 4.78 is 11.6. The molecule has 3 aliphatic rings. The summed E-state index contributed by atoms with van der Waals surface area (Å²) in [4.78, 5) is 39.4. The molecule has 2 saturated heterocycles. The summed E-state index contributed by atoms with van der Waals surface area (Å²) in [5, 5.41) is 1.22. The van der Waals surface area contributed by atoms with Gasteiger partial charge in [0.2, 0.25) is 5.91 Å². The van der Waals surface area contributed by atoms with Crippen molar-refractivity contribution < 1.29 is 19.1 Å². The van der Waals surface area contributed by atoms with Gasteiger partial charge in [0.1, 0.15) is 11.0 Å². The number of carbonyl (C=O) groups is 2. The van der Waals surface area contributed by atoms with Crippen LogP contribution in [0.2, 0.25) is 5.15 Å². The van der Waals surface area contributed by atoms with Gasteiger partial charge in [0.15, 0.2) is 11.4 Å². The van der Waals surface area contributed by atoms with Crippen molar-refractivity contribution in [2.45, 2.75) is 38.0 Å². The first-order valence-electron chi connectivity index (χ1n) is 11.9. The number of ether oxygens (including phenoxy) is 2. The summed E-state index contributed by atoms with van der Waals surface area (Å²) in [5.74, 6) is -0.263. The molecular weight excluding hydrogens is 468 g/mol. The highest BCUT2D eigenvalue weighted by Crippen LogP contribution is 2.40. The molecule has 2 fully saturated rings. The van der Waals surface area contributed by atoms with E-state index in [2.05, 4.69) is 9.97 Å². The van der Waals surface area contributed by atoms with Crippen molar-refractivity contribution in [3.05, 3.63) is 64.3 Å². The third-order valence-corrected chi connectivity index (χ3v) is 7.41. The van der Waals surface area contributed by atoms with Crippen molar-refractivity contribution in [3.8, 4) is 0 Å². The smallest absolute Gasteiger partial charge is 0.260 e. The fourth-order valence-corrected chi connectivity index (χ4v) is 5.63. The summed E-state index contributed by atoms with van der Waals surface area (Å²) in [7, 11) is 0. The third-order valence-electron chi connectivity index (χ3n) is 7.22. The fourth-order valence-electron chi connectivity index (χ4n) is 5.39. The van der Waals surface area contributed by atoms with Crippen LogP contribution < -0.4 is 4.90 Å². The molecule has 180 valence electrons. The van der Waals surface area contributed by atoms with Crippen LogP contribution in [-0.2, 0) is 14.3 Å². The van der Waals surface area contributed by atoms with Crippen molar-refractivity contribution in [1.29, 1.82) is 0 Å². The Morgan fingerprint density at radius 3 is 2.63 bits per heavy atom. The van der Waals surface area contributed by atoms with E-state index in [1.165, 1.54) is 0 Å². The Labute approximate surface area is 207 Å². The molecule has 1 unspecified atom stereocenters. The number of hydrogen-bond acceptors (Lipinski definition) is 6. The van der Waals surface area contributed by atoms with E-state index in [0.717, 1.165) is 16.5 Å². The van der Waals surface area contributed by atoms with E-state index in [1.54, 1.807) is 17.0 Å². The molecule has 1 atom stereocenters. The maximum absolute atomic E-state index is 13.5. The van der Waals surface area contributed by atoms with Gasteiger partial charge in [-0.15, -0.1) is 0 Å². The number of fused-ring (bicyclic) bond motifs is 2. The van der Waals surface area contributed by atoms with Gasteiger partial charge in [0.05, 0.1) is 25.7 Å². The highest BCUT2D eigenvalue weighted by atomic mass is 35.5. The first-order valence-corrected chi connectivity index (χ1v) is 12.2. The highest BCUT2D eigenvalue weighted by Gasteiger charge is 2.43. The number of anilines is 1. The molecule has 3 aromatic rings. The topological polar surface area (TPSA) is 84.9 Å². The van der Waals surface area contributed by atoms with Gasteiger partial charge in [-0.1, -0.05) is 29.8 Å². The second kappa shape index (κ2) is 8.55. The van der Waals surface area contributed by atoms with Crippen LogP contribution >= 0.6 is 11.6 Å². The molecular formula is C26H25ClN4O4. The monoisotopic (exact) mass is 492 g/mol. The Hall–Kier alpha value is -3.07. The van der Waals surface area contributed by atoms with E-state index in [-0.39, 0.29) is 18.2 Å². The standard InChI is InChI=1S/C26H25ClN4O4/c1-16-14-21(27)28-24-17(16)6-7-22(29-24)31-20(18-4-2-3-5-19(18)25(31)33)15-23(32)30-10-8-26(9-11-30)34-12-13-35-26/h2-7,14,20H,8-13,15H2,1H3. The lowest BCUT2D eigenvalue weighted by Gasteiger charge is -2.38. The van der Waals surface area contributed by atoms with Gasteiger partial charge in [0.25, 0.3) is 5.91 Å². The Morgan fingerprint density at radius 1 is 1.11 bits per heavy atom. The number of halogens is 1. The van der Waals surface area contributed by atoms with Crippen LogP contribution in [-0.4, -0.2) is 58.8 Å². The molecule has 0 radical (unpaired) electrons. The molecule has 1 spiro atoms. The SMILES string of the molecule is Cc1cc(Cl)nc2nc(N3C(=O)c4ccccc4C3CC(=O)N3CCC4(CC3)OCCO4)ccc12. The van der Waals surface area contributed by atoms with Crippen molar-refractivity contribution >= 4 is 40.3 Å². The molecule has 0 saturated carbocycles. The zero-order chi connectivity index (χ0) is 24.2. The number of aromatic nitrogens is 2. The minimum atomic E-state index is -0.542. The van der Waals surface area contributed by atoms with Crippen molar-refractivity contribution in [2.24, 2.45) is 0 Å². The predicted octanol–water partition coefficient (Wildman–Crippen LogP) is 4.05. The molecule has 0 N–H and O–H groups in total. The van der Waals surface area contributed by atoms with Gasteiger partial charge in [-0.2, -0.15) is 0 Å². The van der Waals surface area contributed by atoms with Gasteiger partial charge < -0.3 is 14.4 Å². The van der Waals surface area contributed by atoms with E-state index >= 15 is 0 Å². The zero-order valence-electron chi connectivity index (χ0n) is 19.4. The zero-order valence-corrected chi connectivity index (χ0v) is 20.1.